The number of hydrogen-bond acceptors (Lipinski definition) is 3. The van der Waals surface area contributed by atoms with Crippen LogP contribution in [0, 0.1) is 11.3 Å². The third-order valence-electron chi connectivity index (χ3n) is 2.29. The van der Waals surface area contributed by atoms with Crippen molar-refractivity contribution in [2.45, 2.75) is 6.42 Å². The maximum atomic E-state index is 10.7. The quantitative estimate of drug-likeness (QED) is 0.739. The SMILES string of the molecule is N#CC(=O)NCCc1ccc2nc[nH]c2c1. The summed E-state index contributed by atoms with van der Waals surface area (Å²) in [4.78, 5) is 17.8. The van der Waals surface area contributed by atoms with Gasteiger partial charge in [-0.2, -0.15) is 5.26 Å². The van der Waals surface area contributed by atoms with Gasteiger partial charge in [-0.15, -0.1) is 0 Å². The minimum atomic E-state index is -0.595. The van der Waals surface area contributed by atoms with Crippen molar-refractivity contribution in [1.29, 1.82) is 5.26 Å². The Morgan fingerprint density at radius 3 is 3.25 bits per heavy atom. The molecule has 0 bridgehead atoms. The van der Waals surface area contributed by atoms with Gasteiger partial charge in [0.1, 0.15) is 0 Å². The van der Waals surface area contributed by atoms with Gasteiger partial charge < -0.3 is 10.3 Å². The molecule has 0 saturated carbocycles. The molecular weight excluding hydrogens is 204 g/mol. The minimum absolute atomic E-state index is 0.464. The Bertz CT molecular complexity index is 552. The van der Waals surface area contributed by atoms with E-state index in [9.17, 15) is 4.79 Å². The van der Waals surface area contributed by atoms with E-state index < -0.39 is 5.91 Å². The lowest BCUT2D eigenvalue weighted by Gasteiger charge is -2.01. The Kier molecular flexibility index (Phi) is 2.83. The lowest BCUT2D eigenvalue weighted by atomic mass is 10.1. The molecule has 0 aliphatic carbocycles. The van der Waals surface area contributed by atoms with Crippen LogP contribution in [0.25, 0.3) is 11.0 Å². The van der Waals surface area contributed by atoms with Gasteiger partial charge in [0.15, 0.2) is 6.07 Å². The first kappa shape index (κ1) is 10.2. The molecule has 5 heteroatoms. The molecule has 0 unspecified atom stereocenters. The molecule has 1 amide bonds. The monoisotopic (exact) mass is 214 g/mol. The number of hydrogen-bond donors (Lipinski definition) is 2. The van der Waals surface area contributed by atoms with Crippen LogP contribution in [0.5, 0.6) is 0 Å². The van der Waals surface area contributed by atoms with E-state index in [0.717, 1.165) is 16.6 Å². The van der Waals surface area contributed by atoms with E-state index in [0.29, 0.717) is 13.0 Å². The largest absolute Gasteiger partial charge is 0.345 e. The summed E-state index contributed by atoms with van der Waals surface area (Å²) < 4.78 is 0. The molecule has 16 heavy (non-hydrogen) atoms. The zero-order chi connectivity index (χ0) is 11.4. The van der Waals surface area contributed by atoms with Gasteiger partial charge in [-0.3, -0.25) is 4.79 Å². The fraction of sp³-hybridized carbons (Fsp3) is 0.182. The maximum Gasteiger partial charge on any atom is 0.322 e. The summed E-state index contributed by atoms with van der Waals surface area (Å²) in [5.74, 6) is -0.595. The van der Waals surface area contributed by atoms with E-state index in [2.05, 4.69) is 15.3 Å². The average molecular weight is 214 g/mol. The number of carbonyl (C=O) groups is 1. The van der Waals surface area contributed by atoms with Crippen LogP contribution in [-0.4, -0.2) is 22.4 Å². The van der Waals surface area contributed by atoms with E-state index in [-0.39, 0.29) is 0 Å². The Hall–Kier alpha value is -2.35. The molecule has 0 saturated heterocycles. The second-order valence-corrected chi connectivity index (χ2v) is 3.37. The number of rotatable bonds is 3. The number of benzene rings is 1. The fourth-order valence-corrected chi connectivity index (χ4v) is 1.50. The highest BCUT2D eigenvalue weighted by atomic mass is 16.1. The van der Waals surface area contributed by atoms with Crippen molar-refractivity contribution in [3.05, 3.63) is 30.1 Å². The second kappa shape index (κ2) is 4.45. The van der Waals surface area contributed by atoms with Crippen LogP contribution in [0.1, 0.15) is 5.56 Å². The van der Waals surface area contributed by atoms with E-state index in [1.54, 1.807) is 6.33 Å². The van der Waals surface area contributed by atoms with Crippen molar-refractivity contribution in [2.24, 2.45) is 0 Å². The van der Waals surface area contributed by atoms with Crippen LogP contribution in [0.2, 0.25) is 0 Å². The van der Waals surface area contributed by atoms with Gasteiger partial charge >= 0.3 is 5.91 Å². The van der Waals surface area contributed by atoms with Gasteiger partial charge in [0.2, 0.25) is 0 Å². The molecule has 2 rings (SSSR count). The highest BCUT2D eigenvalue weighted by molar-refractivity contribution is 5.91. The highest BCUT2D eigenvalue weighted by Gasteiger charge is 2.00. The van der Waals surface area contributed by atoms with Gasteiger partial charge in [-0.25, -0.2) is 4.98 Å². The molecule has 1 aromatic carbocycles. The van der Waals surface area contributed by atoms with Crippen LogP contribution in [0.3, 0.4) is 0 Å². The van der Waals surface area contributed by atoms with Crippen molar-refractivity contribution in [3.63, 3.8) is 0 Å². The number of amides is 1. The number of carbonyl (C=O) groups excluding carboxylic acids is 1. The van der Waals surface area contributed by atoms with Crippen LogP contribution < -0.4 is 5.32 Å². The van der Waals surface area contributed by atoms with Crippen LogP contribution >= 0.6 is 0 Å². The molecule has 2 N–H and O–H groups in total. The predicted octanol–water partition coefficient (Wildman–Crippen LogP) is 0.745. The number of nitriles is 1. The molecule has 80 valence electrons. The first-order valence-electron chi connectivity index (χ1n) is 4.89. The summed E-state index contributed by atoms with van der Waals surface area (Å²) >= 11 is 0. The third-order valence-corrected chi connectivity index (χ3v) is 2.29. The fourth-order valence-electron chi connectivity index (χ4n) is 1.50. The van der Waals surface area contributed by atoms with Crippen LogP contribution in [0.4, 0.5) is 0 Å². The lowest BCUT2D eigenvalue weighted by molar-refractivity contribution is -0.115. The van der Waals surface area contributed by atoms with Gasteiger partial charge in [0.05, 0.1) is 17.4 Å². The molecule has 0 radical (unpaired) electrons. The lowest BCUT2D eigenvalue weighted by Crippen LogP contribution is -2.23. The van der Waals surface area contributed by atoms with Crippen molar-refractivity contribution in [2.75, 3.05) is 6.54 Å². The highest BCUT2D eigenvalue weighted by Crippen LogP contribution is 2.11. The smallest absolute Gasteiger partial charge is 0.322 e. The Balaban J connectivity index is 1.99. The van der Waals surface area contributed by atoms with Gasteiger partial charge in [-0.1, -0.05) is 6.07 Å². The standard InChI is InChI=1S/C11H10N4O/c12-6-11(16)13-4-3-8-1-2-9-10(5-8)15-7-14-9/h1-2,5,7H,3-4H2,(H,13,16)(H,14,15). The van der Waals surface area contributed by atoms with E-state index in [4.69, 9.17) is 5.26 Å². The Morgan fingerprint density at radius 1 is 1.56 bits per heavy atom. The van der Waals surface area contributed by atoms with Crippen molar-refractivity contribution >= 4 is 16.9 Å². The third kappa shape index (κ3) is 2.17. The molecular formula is C11H10N4O. The van der Waals surface area contributed by atoms with E-state index >= 15 is 0 Å². The summed E-state index contributed by atoms with van der Waals surface area (Å²) in [6.07, 6.45) is 2.34. The van der Waals surface area contributed by atoms with Crippen molar-refractivity contribution < 1.29 is 4.79 Å². The summed E-state index contributed by atoms with van der Waals surface area (Å²) in [6.45, 7) is 0.464. The molecule has 0 aliphatic heterocycles. The molecule has 1 aromatic heterocycles. The number of H-pyrrole nitrogens is 1. The van der Waals surface area contributed by atoms with Crippen molar-refractivity contribution in [3.8, 4) is 6.07 Å². The topological polar surface area (TPSA) is 81.6 Å². The zero-order valence-corrected chi connectivity index (χ0v) is 8.53. The zero-order valence-electron chi connectivity index (χ0n) is 8.53. The summed E-state index contributed by atoms with van der Waals surface area (Å²) in [6, 6.07) is 7.38. The number of nitrogens with one attached hydrogen (secondary N) is 2. The first-order chi connectivity index (χ1) is 7.79. The van der Waals surface area contributed by atoms with Gasteiger partial charge in [0.25, 0.3) is 0 Å². The normalized spacial score (nSPS) is 9.94. The summed E-state index contributed by atoms with van der Waals surface area (Å²) in [7, 11) is 0. The summed E-state index contributed by atoms with van der Waals surface area (Å²) in [5.41, 5.74) is 2.99. The van der Waals surface area contributed by atoms with Gasteiger partial charge in [-0.05, 0) is 24.1 Å². The molecule has 2 aromatic rings. The predicted molar refractivity (Wildman–Crippen MR) is 58.4 cm³/mol. The first-order valence-corrected chi connectivity index (χ1v) is 4.89. The van der Waals surface area contributed by atoms with Crippen LogP contribution in [0.15, 0.2) is 24.5 Å². The number of nitrogens with zero attached hydrogens (tertiary/aromatic N) is 2. The Labute approximate surface area is 92.1 Å². The molecule has 0 atom stereocenters. The number of aromatic amines is 1. The average Bonchev–Trinajstić information content (AvgIpc) is 2.76. The maximum absolute atomic E-state index is 10.7. The molecule has 0 spiro atoms. The number of aromatic nitrogens is 2. The summed E-state index contributed by atoms with van der Waals surface area (Å²) in [5, 5.41) is 10.8. The number of fused-ring (bicyclic) bond motifs is 1. The van der Waals surface area contributed by atoms with E-state index in [1.807, 2.05) is 18.2 Å². The van der Waals surface area contributed by atoms with Crippen molar-refractivity contribution in [1.82, 2.24) is 15.3 Å². The molecule has 0 fully saturated rings. The number of imidazole rings is 1. The van der Waals surface area contributed by atoms with Crippen LogP contribution in [-0.2, 0) is 11.2 Å². The Morgan fingerprint density at radius 2 is 2.44 bits per heavy atom. The van der Waals surface area contributed by atoms with E-state index in [1.165, 1.54) is 6.07 Å². The molecule has 5 nitrogen and oxygen atoms in total. The minimum Gasteiger partial charge on any atom is -0.345 e. The molecule has 0 aliphatic rings. The van der Waals surface area contributed by atoms with Gasteiger partial charge in [0, 0.05) is 6.54 Å². The second-order valence-electron chi connectivity index (χ2n) is 3.37. The molecule has 1 heterocycles.